The largest absolute Gasteiger partial charge is 0.507 e. The molecule has 0 radical (unpaired) electrons. The molecule has 22 heavy (non-hydrogen) atoms. The number of carbonyl (C=O) groups excluding carboxylic acids is 3. The molecule has 0 aromatic heterocycles. The molecule has 1 unspecified atom stereocenters. The standard InChI is InChI=1S/C17H12O5/c1-22-10-7-5-9(6-8-10)15(19)14-16(20)11-3-2-4-12(18)13(11)17(14)21/h2-8,14,18H,1H3. The van der Waals surface area contributed by atoms with Gasteiger partial charge >= 0.3 is 0 Å². The summed E-state index contributed by atoms with van der Waals surface area (Å²) < 4.78 is 5.00. The smallest absolute Gasteiger partial charge is 0.186 e. The Morgan fingerprint density at radius 2 is 1.73 bits per heavy atom. The first-order chi connectivity index (χ1) is 10.5. The topological polar surface area (TPSA) is 80.7 Å². The van der Waals surface area contributed by atoms with Crippen LogP contribution in [0.1, 0.15) is 31.1 Å². The fraction of sp³-hybridized carbons (Fsp3) is 0.118. The van der Waals surface area contributed by atoms with Gasteiger partial charge in [-0.2, -0.15) is 0 Å². The first kappa shape index (κ1) is 14.0. The molecule has 5 heteroatoms. The van der Waals surface area contributed by atoms with E-state index in [-0.39, 0.29) is 22.4 Å². The predicted octanol–water partition coefficient (Wildman–Crippen LogP) is 2.28. The Hall–Kier alpha value is -2.95. The summed E-state index contributed by atoms with van der Waals surface area (Å²) >= 11 is 0. The highest BCUT2D eigenvalue weighted by molar-refractivity contribution is 6.38. The third-order valence-corrected chi connectivity index (χ3v) is 3.72. The van der Waals surface area contributed by atoms with Gasteiger partial charge in [-0.1, -0.05) is 12.1 Å². The molecule has 1 aliphatic carbocycles. The molecule has 5 nitrogen and oxygen atoms in total. The minimum Gasteiger partial charge on any atom is -0.507 e. The maximum atomic E-state index is 12.5. The van der Waals surface area contributed by atoms with Gasteiger partial charge in [-0.25, -0.2) is 0 Å². The van der Waals surface area contributed by atoms with E-state index in [0.717, 1.165) is 0 Å². The van der Waals surface area contributed by atoms with Gasteiger partial charge in [0.15, 0.2) is 17.3 Å². The number of hydrogen-bond donors (Lipinski definition) is 1. The average molecular weight is 296 g/mol. The highest BCUT2D eigenvalue weighted by atomic mass is 16.5. The number of methoxy groups -OCH3 is 1. The van der Waals surface area contributed by atoms with Crippen molar-refractivity contribution in [2.24, 2.45) is 5.92 Å². The number of aromatic hydroxyl groups is 1. The lowest BCUT2D eigenvalue weighted by Crippen LogP contribution is -2.25. The number of fused-ring (bicyclic) bond motifs is 1. The Balaban J connectivity index is 1.99. The van der Waals surface area contributed by atoms with Crippen LogP contribution in [0, 0.1) is 5.92 Å². The molecule has 2 aromatic carbocycles. The van der Waals surface area contributed by atoms with Crippen LogP contribution in [0.15, 0.2) is 42.5 Å². The summed E-state index contributed by atoms with van der Waals surface area (Å²) in [5, 5.41) is 9.76. The van der Waals surface area contributed by atoms with Crippen LogP contribution in [-0.4, -0.2) is 29.6 Å². The summed E-state index contributed by atoms with van der Waals surface area (Å²) in [6.45, 7) is 0. The summed E-state index contributed by atoms with van der Waals surface area (Å²) in [7, 11) is 1.50. The van der Waals surface area contributed by atoms with Gasteiger partial charge < -0.3 is 9.84 Å². The molecular weight excluding hydrogens is 284 g/mol. The number of hydrogen-bond acceptors (Lipinski definition) is 5. The van der Waals surface area contributed by atoms with Crippen LogP contribution in [0.2, 0.25) is 0 Å². The first-order valence-corrected chi connectivity index (χ1v) is 6.63. The zero-order valence-corrected chi connectivity index (χ0v) is 11.7. The summed E-state index contributed by atoms with van der Waals surface area (Å²) in [6.07, 6.45) is 0. The Bertz CT molecular complexity index is 789. The molecule has 0 amide bonds. The van der Waals surface area contributed by atoms with E-state index >= 15 is 0 Å². The molecule has 1 N–H and O–H groups in total. The van der Waals surface area contributed by atoms with Gasteiger partial charge in [0, 0.05) is 11.1 Å². The molecule has 1 atom stereocenters. The normalized spacial score (nSPS) is 16.5. The third kappa shape index (κ3) is 1.98. The average Bonchev–Trinajstić information content (AvgIpc) is 2.79. The lowest BCUT2D eigenvalue weighted by Gasteiger charge is -2.07. The molecule has 0 spiro atoms. The second-order valence-corrected chi connectivity index (χ2v) is 4.95. The molecule has 3 rings (SSSR count). The summed E-state index contributed by atoms with van der Waals surface area (Å²) in [4.78, 5) is 37.1. The van der Waals surface area contributed by atoms with E-state index in [4.69, 9.17) is 4.74 Å². The van der Waals surface area contributed by atoms with E-state index in [1.54, 1.807) is 12.1 Å². The van der Waals surface area contributed by atoms with Gasteiger partial charge in [-0.05, 0) is 30.3 Å². The molecule has 110 valence electrons. The van der Waals surface area contributed by atoms with E-state index in [9.17, 15) is 19.5 Å². The van der Waals surface area contributed by atoms with E-state index in [1.165, 1.54) is 37.4 Å². The van der Waals surface area contributed by atoms with Crippen molar-refractivity contribution in [2.75, 3.05) is 7.11 Å². The molecule has 2 aromatic rings. The van der Waals surface area contributed by atoms with Gasteiger partial charge in [0.25, 0.3) is 0 Å². The van der Waals surface area contributed by atoms with Crippen molar-refractivity contribution >= 4 is 17.3 Å². The predicted molar refractivity (Wildman–Crippen MR) is 77.6 cm³/mol. The number of ketones is 3. The van der Waals surface area contributed by atoms with Crippen LogP contribution in [0.25, 0.3) is 0 Å². The molecule has 0 aliphatic heterocycles. The van der Waals surface area contributed by atoms with Crippen LogP contribution in [0.5, 0.6) is 11.5 Å². The van der Waals surface area contributed by atoms with Crippen molar-refractivity contribution < 1.29 is 24.2 Å². The maximum absolute atomic E-state index is 12.5. The van der Waals surface area contributed by atoms with Crippen molar-refractivity contribution in [3.63, 3.8) is 0 Å². The Morgan fingerprint density at radius 1 is 1.05 bits per heavy atom. The van der Waals surface area contributed by atoms with Crippen molar-refractivity contribution in [1.29, 1.82) is 0 Å². The minimum atomic E-state index is -1.42. The number of rotatable bonds is 3. The molecule has 0 heterocycles. The monoisotopic (exact) mass is 296 g/mol. The fourth-order valence-corrected chi connectivity index (χ4v) is 2.58. The zero-order valence-electron chi connectivity index (χ0n) is 11.7. The number of Topliss-reactive ketones (excluding diaryl/α,β-unsaturated/α-hetero) is 3. The van der Waals surface area contributed by atoms with Gasteiger partial charge in [-0.3, -0.25) is 14.4 Å². The Kier molecular flexibility index (Phi) is 3.25. The van der Waals surface area contributed by atoms with E-state index in [1.807, 2.05) is 0 Å². The van der Waals surface area contributed by atoms with Crippen LogP contribution < -0.4 is 4.74 Å². The quantitative estimate of drug-likeness (QED) is 0.694. The van der Waals surface area contributed by atoms with E-state index < -0.39 is 23.3 Å². The number of phenolic OH excluding ortho intramolecular Hbond substituents is 1. The van der Waals surface area contributed by atoms with Gasteiger partial charge in [-0.15, -0.1) is 0 Å². The van der Waals surface area contributed by atoms with Crippen molar-refractivity contribution in [3.8, 4) is 11.5 Å². The van der Waals surface area contributed by atoms with Crippen LogP contribution in [-0.2, 0) is 0 Å². The summed E-state index contributed by atoms with van der Waals surface area (Å²) in [5.41, 5.74) is 0.274. The van der Waals surface area contributed by atoms with Gasteiger partial charge in [0.05, 0.1) is 12.7 Å². The second kappa shape index (κ2) is 5.11. The summed E-state index contributed by atoms with van der Waals surface area (Å²) in [5.74, 6) is -2.93. The maximum Gasteiger partial charge on any atom is 0.186 e. The SMILES string of the molecule is COc1ccc(C(=O)C2C(=O)c3cccc(O)c3C2=O)cc1. The zero-order chi connectivity index (χ0) is 15.9. The fourth-order valence-electron chi connectivity index (χ4n) is 2.58. The van der Waals surface area contributed by atoms with Crippen molar-refractivity contribution in [3.05, 3.63) is 59.2 Å². The van der Waals surface area contributed by atoms with Gasteiger partial charge in [0.1, 0.15) is 17.4 Å². The minimum absolute atomic E-state index is 0.0700. The molecular formula is C17H12O5. The molecule has 0 saturated carbocycles. The Labute approximate surface area is 126 Å². The van der Waals surface area contributed by atoms with Crippen molar-refractivity contribution in [1.82, 2.24) is 0 Å². The first-order valence-electron chi connectivity index (χ1n) is 6.63. The molecule has 0 fully saturated rings. The Morgan fingerprint density at radius 3 is 2.32 bits per heavy atom. The van der Waals surface area contributed by atoms with E-state index in [2.05, 4.69) is 0 Å². The van der Waals surface area contributed by atoms with Crippen LogP contribution in [0.4, 0.5) is 0 Å². The molecule has 0 saturated heterocycles. The highest BCUT2D eigenvalue weighted by Crippen LogP contribution is 2.34. The van der Waals surface area contributed by atoms with E-state index in [0.29, 0.717) is 5.75 Å². The highest BCUT2D eigenvalue weighted by Gasteiger charge is 2.44. The van der Waals surface area contributed by atoms with Crippen molar-refractivity contribution in [2.45, 2.75) is 0 Å². The second-order valence-electron chi connectivity index (χ2n) is 4.95. The number of phenols is 1. The number of carbonyl (C=O) groups is 3. The summed E-state index contributed by atoms with van der Waals surface area (Å²) in [6, 6.07) is 10.4. The molecule has 1 aliphatic rings. The number of benzene rings is 2. The van der Waals surface area contributed by atoms with Gasteiger partial charge in [0.2, 0.25) is 0 Å². The molecule has 0 bridgehead atoms. The lowest BCUT2D eigenvalue weighted by atomic mass is 9.93. The third-order valence-electron chi connectivity index (χ3n) is 3.72. The number of ether oxygens (including phenoxy) is 1. The lowest BCUT2D eigenvalue weighted by molar-refractivity contribution is 0.0756. The van der Waals surface area contributed by atoms with Crippen LogP contribution in [0.3, 0.4) is 0 Å². The van der Waals surface area contributed by atoms with Crippen LogP contribution >= 0.6 is 0 Å².